The normalized spacial score (nSPS) is 16.4. The molecule has 8 heteroatoms. The molecule has 1 unspecified atom stereocenters. The molecule has 160 valence electrons. The predicted molar refractivity (Wildman–Crippen MR) is 114 cm³/mol. The van der Waals surface area contributed by atoms with Gasteiger partial charge in [-0.1, -0.05) is 18.2 Å². The van der Waals surface area contributed by atoms with Gasteiger partial charge in [-0.25, -0.2) is 14.6 Å². The number of ketones is 1. The lowest BCUT2D eigenvalue weighted by atomic mass is 10.1. The highest BCUT2D eigenvalue weighted by Gasteiger charge is 2.37. The van der Waals surface area contributed by atoms with Crippen molar-refractivity contribution in [2.24, 2.45) is 0 Å². The topological polar surface area (TPSA) is 85.8 Å². The Bertz CT molecular complexity index is 947. The zero-order valence-electron chi connectivity index (χ0n) is 17.6. The summed E-state index contributed by atoms with van der Waals surface area (Å²) in [7, 11) is 0. The minimum atomic E-state index is -0.723. The Hall–Kier alpha value is -2.74. The van der Waals surface area contributed by atoms with Crippen LogP contribution in [0.3, 0.4) is 0 Å². The van der Waals surface area contributed by atoms with Crippen LogP contribution in [-0.2, 0) is 14.3 Å². The third kappa shape index (κ3) is 5.24. The molecule has 1 aromatic heterocycles. The Morgan fingerprint density at radius 3 is 2.70 bits per heavy atom. The summed E-state index contributed by atoms with van der Waals surface area (Å²) in [5, 5.41) is 0. The summed E-state index contributed by atoms with van der Waals surface area (Å²) in [6, 6.07) is 6.46. The number of nitrogens with zero attached hydrogens (tertiary/aromatic N) is 2. The van der Waals surface area contributed by atoms with Crippen molar-refractivity contribution >= 4 is 29.2 Å². The molecule has 30 heavy (non-hydrogen) atoms. The van der Waals surface area contributed by atoms with Crippen LogP contribution in [0.15, 0.2) is 29.8 Å². The molecule has 0 N–H and O–H groups in total. The van der Waals surface area contributed by atoms with Gasteiger partial charge in [0.25, 0.3) is 0 Å². The lowest BCUT2D eigenvalue weighted by molar-refractivity contribution is -0.147. The van der Waals surface area contributed by atoms with Gasteiger partial charge in [0.15, 0.2) is 12.4 Å². The van der Waals surface area contributed by atoms with Crippen LogP contribution in [-0.4, -0.2) is 52.5 Å². The molecule has 0 bridgehead atoms. The minimum absolute atomic E-state index is 0.297. The van der Waals surface area contributed by atoms with Gasteiger partial charge in [0.05, 0.1) is 16.1 Å². The number of aromatic nitrogens is 1. The van der Waals surface area contributed by atoms with Gasteiger partial charge >= 0.3 is 12.1 Å². The Morgan fingerprint density at radius 2 is 2.03 bits per heavy atom. The summed E-state index contributed by atoms with van der Waals surface area (Å²) in [5.41, 5.74) is 3.38. The predicted octanol–water partition coefficient (Wildman–Crippen LogP) is 4.24. The number of carbonyl (C=O) groups excluding carboxylic acids is 3. The van der Waals surface area contributed by atoms with Crippen LogP contribution in [0, 0.1) is 6.92 Å². The second-order valence-corrected chi connectivity index (χ2v) is 9.07. The van der Waals surface area contributed by atoms with Gasteiger partial charge in [0.1, 0.15) is 11.6 Å². The molecular weight excluding hydrogens is 404 g/mol. The van der Waals surface area contributed by atoms with Crippen molar-refractivity contribution in [1.29, 1.82) is 0 Å². The van der Waals surface area contributed by atoms with E-state index in [9.17, 15) is 14.4 Å². The fourth-order valence-corrected chi connectivity index (χ4v) is 4.08. The number of aryl methyl sites for hydroxylation is 1. The Labute approximate surface area is 180 Å². The number of amides is 1. The van der Waals surface area contributed by atoms with Crippen LogP contribution in [0.25, 0.3) is 10.4 Å². The number of carbonyl (C=O) groups is 3. The largest absolute Gasteiger partial charge is 0.456 e. The van der Waals surface area contributed by atoms with Crippen molar-refractivity contribution in [2.45, 2.75) is 52.2 Å². The van der Waals surface area contributed by atoms with E-state index in [2.05, 4.69) is 4.98 Å². The van der Waals surface area contributed by atoms with Crippen molar-refractivity contribution < 1.29 is 23.9 Å². The number of ether oxygens (including phenoxy) is 2. The Kier molecular flexibility index (Phi) is 6.55. The van der Waals surface area contributed by atoms with Crippen LogP contribution in [0.2, 0.25) is 0 Å². The van der Waals surface area contributed by atoms with E-state index in [1.807, 2.05) is 13.0 Å². The van der Waals surface area contributed by atoms with Crippen molar-refractivity contribution in [3.05, 3.63) is 41.0 Å². The van der Waals surface area contributed by atoms with Gasteiger partial charge in [-0.05, 0) is 52.2 Å². The molecule has 7 nitrogen and oxygen atoms in total. The second-order valence-electron chi connectivity index (χ2n) is 8.21. The fraction of sp³-hybridized carbons (Fsp3) is 0.455. The number of thiazole rings is 1. The molecule has 1 atom stereocenters. The number of rotatable bonds is 5. The van der Waals surface area contributed by atoms with E-state index in [1.165, 1.54) is 16.2 Å². The molecule has 1 aromatic carbocycles. The first kappa shape index (κ1) is 22.0. The number of esters is 1. The molecule has 0 spiro atoms. The molecule has 0 saturated carbocycles. The Morgan fingerprint density at radius 1 is 1.27 bits per heavy atom. The molecule has 1 fully saturated rings. The maximum absolute atomic E-state index is 12.6. The zero-order chi connectivity index (χ0) is 21.9. The average Bonchev–Trinajstić information content (AvgIpc) is 3.33. The summed E-state index contributed by atoms with van der Waals surface area (Å²) >= 11 is 1.51. The third-order valence-corrected chi connectivity index (χ3v) is 5.67. The van der Waals surface area contributed by atoms with Crippen LogP contribution in [0.1, 0.15) is 49.7 Å². The highest BCUT2D eigenvalue weighted by Crippen LogP contribution is 2.28. The summed E-state index contributed by atoms with van der Waals surface area (Å²) in [6.07, 6.45) is 0.635. The third-order valence-electron chi connectivity index (χ3n) is 4.69. The lowest BCUT2D eigenvalue weighted by Crippen LogP contribution is -2.44. The van der Waals surface area contributed by atoms with Crippen LogP contribution >= 0.6 is 11.3 Å². The standard InChI is InChI=1S/C22H26N2O5S/c1-14-19(30-13-23-14)16-8-5-7-15(11-16)18(25)12-28-20(26)17-9-6-10-24(17)21(27)29-22(2,3)4/h5,7-8,11,13,17H,6,9-10,12H2,1-4H3. The van der Waals surface area contributed by atoms with Crippen molar-refractivity contribution in [3.8, 4) is 10.4 Å². The first-order chi connectivity index (χ1) is 14.2. The quantitative estimate of drug-likeness (QED) is 0.521. The zero-order valence-corrected chi connectivity index (χ0v) is 18.5. The lowest BCUT2D eigenvalue weighted by Gasteiger charge is -2.27. The summed E-state index contributed by atoms with van der Waals surface area (Å²) in [6.45, 7) is 7.29. The second kappa shape index (κ2) is 8.95. The molecule has 2 aromatic rings. The van der Waals surface area contributed by atoms with E-state index < -0.39 is 23.7 Å². The van der Waals surface area contributed by atoms with Crippen molar-refractivity contribution in [1.82, 2.24) is 9.88 Å². The molecule has 1 aliphatic heterocycles. The van der Waals surface area contributed by atoms with Gasteiger partial charge in [0, 0.05) is 12.1 Å². The van der Waals surface area contributed by atoms with E-state index in [0.29, 0.717) is 24.9 Å². The van der Waals surface area contributed by atoms with Crippen molar-refractivity contribution in [2.75, 3.05) is 13.2 Å². The number of Topliss-reactive ketones (excluding diaryl/α,β-unsaturated/α-hetero) is 1. The highest BCUT2D eigenvalue weighted by atomic mass is 32.1. The van der Waals surface area contributed by atoms with Gasteiger partial charge in [0.2, 0.25) is 0 Å². The SMILES string of the molecule is Cc1ncsc1-c1cccc(C(=O)COC(=O)C2CCCN2C(=O)OC(C)(C)C)c1. The maximum atomic E-state index is 12.6. The van der Waals surface area contributed by atoms with Gasteiger partial charge < -0.3 is 9.47 Å². The van der Waals surface area contributed by atoms with E-state index >= 15 is 0 Å². The highest BCUT2D eigenvalue weighted by molar-refractivity contribution is 7.13. The van der Waals surface area contributed by atoms with Crippen LogP contribution in [0.5, 0.6) is 0 Å². The van der Waals surface area contributed by atoms with Crippen LogP contribution in [0.4, 0.5) is 4.79 Å². The van der Waals surface area contributed by atoms with E-state index in [-0.39, 0.29) is 12.4 Å². The Balaban J connectivity index is 1.61. The number of hydrogen-bond donors (Lipinski definition) is 0. The molecule has 3 rings (SSSR count). The fourth-order valence-electron chi connectivity index (χ4n) is 3.28. The summed E-state index contributed by atoms with van der Waals surface area (Å²) in [5.74, 6) is -0.879. The number of benzene rings is 1. The molecule has 2 heterocycles. The monoisotopic (exact) mass is 430 g/mol. The van der Waals surface area contributed by atoms with Crippen molar-refractivity contribution in [3.63, 3.8) is 0 Å². The van der Waals surface area contributed by atoms with E-state index in [4.69, 9.17) is 9.47 Å². The van der Waals surface area contributed by atoms with Gasteiger partial charge in [-0.3, -0.25) is 9.69 Å². The molecule has 0 radical (unpaired) electrons. The smallest absolute Gasteiger partial charge is 0.411 e. The molecule has 0 aliphatic carbocycles. The summed E-state index contributed by atoms with van der Waals surface area (Å²) < 4.78 is 10.6. The molecule has 1 amide bonds. The molecular formula is C22H26N2O5S. The van der Waals surface area contributed by atoms with Gasteiger partial charge in [-0.2, -0.15) is 0 Å². The first-order valence-corrected chi connectivity index (χ1v) is 10.7. The first-order valence-electron chi connectivity index (χ1n) is 9.85. The average molecular weight is 431 g/mol. The molecule has 1 saturated heterocycles. The van der Waals surface area contributed by atoms with Gasteiger partial charge in [-0.15, -0.1) is 11.3 Å². The van der Waals surface area contributed by atoms with Crippen LogP contribution < -0.4 is 0 Å². The number of likely N-dealkylation sites (tertiary alicyclic amines) is 1. The number of hydrogen-bond acceptors (Lipinski definition) is 7. The van der Waals surface area contributed by atoms with E-state index in [1.54, 1.807) is 44.5 Å². The minimum Gasteiger partial charge on any atom is -0.456 e. The molecule has 1 aliphatic rings. The van der Waals surface area contributed by atoms with E-state index in [0.717, 1.165) is 16.1 Å². The summed E-state index contributed by atoms with van der Waals surface area (Å²) in [4.78, 5) is 44.1. The maximum Gasteiger partial charge on any atom is 0.411 e.